The van der Waals surface area contributed by atoms with Crippen molar-refractivity contribution in [2.75, 3.05) is 0 Å². The van der Waals surface area contributed by atoms with E-state index in [4.69, 9.17) is 25.3 Å². The van der Waals surface area contributed by atoms with Crippen molar-refractivity contribution in [1.29, 1.82) is 0 Å². The molecule has 0 heterocycles. The Balaban J connectivity index is 1.86. The molecule has 2 aromatic carbocycles. The highest BCUT2D eigenvalue weighted by atomic mass is 32.1. The standard InChI is InChI=1S/C29H42S2/c1-3-5-7-9-11-13-21-29(22-14-12-10-8-6-4-2)23-17-15-19-25(30)27(23)28-24(29)18-16-20-26(28)31/h15-20,30-31H,3-14,21-22H2,1-2H3. The van der Waals surface area contributed by atoms with Crippen LogP contribution in [-0.4, -0.2) is 0 Å². The Morgan fingerprint density at radius 2 is 0.935 bits per heavy atom. The Kier molecular flexibility index (Phi) is 9.91. The molecule has 0 N–H and O–H groups in total. The van der Waals surface area contributed by atoms with Crippen molar-refractivity contribution >= 4 is 25.3 Å². The quantitative estimate of drug-likeness (QED) is 0.206. The lowest BCUT2D eigenvalue weighted by atomic mass is 9.70. The van der Waals surface area contributed by atoms with Crippen molar-refractivity contribution in [2.24, 2.45) is 0 Å². The third-order valence-corrected chi connectivity index (χ3v) is 8.03. The zero-order valence-electron chi connectivity index (χ0n) is 19.8. The third-order valence-electron chi connectivity index (χ3n) is 7.28. The van der Waals surface area contributed by atoms with Crippen LogP contribution in [0.2, 0.25) is 0 Å². The minimum Gasteiger partial charge on any atom is -0.143 e. The zero-order valence-corrected chi connectivity index (χ0v) is 21.5. The largest absolute Gasteiger partial charge is 0.143 e. The molecule has 0 bridgehead atoms. The third kappa shape index (κ3) is 5.74. The van der Waals surface area contributed by atoms with Crippen LogP contribution in [0.3, 0.4) is 0 Å². The molecule has 0 fully saturated rings. The summed E-state index contributed by atoms with van der Waals surface area (Å²) in [6.07, 6.45) is 18.7. The fourth-order valence-corrected chi connectivity index (χ4v) is 6.26. The van der Waals surface area contributed by atoms with Crippen molar-refractivity contribution in [3.8, 4) is 11.1 Å². The number of hydrogen-bond acceptors (Lipinski definition) is 2. The SMILES string of the molecule is CCCCCCCCC1(CCCCCCCC)c2cccc(S)c2-c2c(S)cccc21. The minimum absolute atomic E-state index is 0.137. The molecule has 170 valence electrons. The van der Waals surface area contributed by atoms with Gasteiger partial charge in [-0.05, 0) is 36.1 Å². The van der Waals surface area contributed by atoms with Gasteiger partial charge >= 0.3 is 0 Å². The van der Waals surface area contributed by atoms with E-state index in [1.54, 1.807) is 0 Å². The molecule has 0 radical (unpaired) electrons. The maximum absolute atomic E-state index is 4.90. The van der Waals surface area contributed by atoms with Crippen molar-refractivity contribution in [3.05, 3.63) is 47.5 Å². The van der Waals surface area contributed by atoms with E-state index < -0.39 is 0 Å². The van der Waals surface area contributed by atoms with Crippen LogP contribution in [0, 0.1) is 0 Å². The van der Waals surface area contributed by atoms with Gasteiger partial charge in [0.15, 0.2) is 0 Å². The number of benzene rings is 2. The molecule has 2 heteroatoms. The molecule has 2 aromatic rings. The van der Waals surface area contributed by atoms with Gasteiger partial charge in [-0.2, -0.15) is 0 Å². The number of fused-ring (bicyclic) bond motifs is 3. The summed E-state index contributed by atoms with van der Waals surface area (Å²) in [5.41, 5.74) is 5.86. The molecule has 0 saturated heterocycles. The van der Waals surface area contributed by atoms with Crippen LogP contribution >= 0.6 is 25.3 Å². The minimum atomic E-state index is 0.137. The lowest BCUT2D eigenvalue weighted by molar-refractivity contribution is 0.397. The molecule has 1 aliphatic carbocycles. The van der Waals surface area contributed by atoms with E-state index in [2.05, 4.69) is 50.2 Å². The normalized spacial score (nSPS) is 13.9. The molecule has 31 heavy (non-hydrogen) atoms. The van der Waals surface area contributed by atoms with Gasteiger partial charge in [0.2, 0.25) is 0 Å². The molecule has 0 saturated carbocycles. The highest BCUT2D eigenvalue weighted by Crippen LogP contribution is 2.57. The molecule has 0 aromatic heterocycles. The molecular weight excluding hydrogens is 412 g/mol. The van der Waals surface area contributed by atoms with Crippen molar-refractivity contribution < 1.29 is 0 Å². The lowest BCUT2D eigenvalue weighted by Crippen LogP contribution is -2.25. The van der Waals surface area contributed by atoms with E-state index >= 15 is 0 Å². The van der Waals surface area contributed by atoms with Crippen molar-refractivity contribution in [2.45, 2.75) is 119 Å². The van der Waals surface area contributed by atoms with Gasteiger partial charge in [0.1, 0.15) is 0 Å². The predicted molar refractivity (Wildman–Crippen MR) is 143 cm³/mol. The van der Waals surface area contributed by atoms with E-state index in [0.717, 1.165) is 9.79 Å². The first-order valence-corrected chi connectivity index (χ1v) is 13.7. The van der Waals surface area contributed by atoms with Gasteiger partial charge in [-0.15, -0.1) is 25.3 Å². The first-order valence-electron chi connectivity index (χ1n) is 12.8. The monoisotopic (exact) mass is 454 g/mol. The summed E-state index contributed by atoms with van der Waals surface area (Å²) in [5, 5.41) is 0. The van der Waals surface area contributed by atoms with Crippen LogP contribution < -0.4 is 0 Å². The first-order chi connectivity index (χ1) is 15.2. The van der Waals surface area contributed by atoms with Crippen LogP contribution in [0.25, 0.3) is 11.1 Å². The van der Waals surface area contributed by atoms with E-state index in [0.29, 0.717) is 0 Å². The Morgan fingerprint density at radius 1 is 0.548 bits per heavy atom. The fraction of sp³-hybridized carbons (Fsp3) is 0.586. The Hall–Kier alpha value is -0.860. The van der Waals surface area contributed by atoms with Gasteiger partial charge in [-0.3, -0.25) is 0 Å². The van der Waals surface area contributed by atoms with Crippen molar-refractivity contribution in [3.63, 3.8) is 0 Å². The summed E-state index contributed by atoms with van der Waals surface area (Å²) >= 11 is 9.80. The number of rotatable bonds is 14. The molecule has 0 amide bonds. The molecular formula is C29H42S2. The maximum Gasteiger partial charge on any atom is 0.0216 e. The molecule has 0 spiro atoms. The first kappa shape index (κ1) is 24.8. The predicted octanol–water partition coefficient (Wildman–Crippen LogP) is 10.0. The average molecular weight is 455 g/mol. The van der Waals surface area contributed by atoms with Gasteiger partial charge in [-0.25, -0.2) is 0 Å². The second-order valence-electron chi connectivity index (χ2n) is 9.52. The fourth-order valence-electron chi connectivity index (χ4n) is 5.63. The Bertz CT molecular complexity index is 754. The lowest BCUT2D eigenvalue weighted by Gasteiger charge is -2.33. The van der Waals surface area contributed by atoms with Crippen LogP contribution in [0.4, 0.5) is 0 Å². The van der Waals surface area contributed by atoms with Gasteiger partial charge < -0.3 is 0 Å². The molecule has 0 atom stereocenters. The van der Waals surface area contributed by atoms with Gasteiger partial charge in [0, 0.05) is 26.3 Å². The number of thiol groups is 2. The summed E-state index contributed by atoms with van der Waals surface area (Å²) in [5.74, 6) is 0. The highest BCUT2D eigenvalue weighted by Gasteiger charge is 2.43. The molecule has 0 aliphatic heterocycles. The van der Waals surface area contributed by atoms with Crippen LogP contribution in [0.15, 0.2) is 46.2 Å². The summed E-state index contributed by atoms with van der Waals surface area (Å²) in [4.78, 5) is 2.21. The number of unbranched alkanes of at least 4 members (excludes halogenated alkanes) is 10. The Morgan fingerprint density at radius 3 is 1.35 bits per heavy atom. The van der Waals surface area contributed by atoms with Crippen LogP contribution in [-0.2, 0) is 5.41 Å². The van der Waals surface area contributed by atoms with Gasteiger partial charge in [0.05, 0.1) is 0 Å². The van der Waals surface area contributed by atoms with E-state index in [1.165, 1.54) is 112 Å². The second-order valence-corrected chi connectivity index (χ2v) is 10.5. The Labute approximate surface area is 202 Å². The maximum atomic E-state index is 4.90. The summed E-state index contributed by atoms with van der Waals surface area (Å²) in [6, 6.07) is 13.5. The average Bonchev–Trinajstić information content (AvgIpc) is 3.06. The topological polar surface area (TPSA) is 0 Å². The summed E-state index contributed by atoms with van der Waals surface area (Å²) in [7, 11) is 0. The van der Waals surface area contributed by atoms with Crippen LogP contribution in [0.5, 0.6) is 0 Å². The summed E-state index contributed by atoms with van der Waals surface area (Å²) < 4.78 is 0. The second kappa shape index (κ2) is 12.4. The smallest absolute Gasteiger partial charge is 0.0216 e. The summed E-state index contributed by atoms with van der Waals surface area (Å²) in [6.45, 7) is 4.60. The van der Waals surface area contributed by atoms with E-state index in [1.807, 2.05) is 0 Å². The molecule has 1 aliphatic rings. The van der Waals surface area contributed by atoms with Gasteiger partial charge in [-0.1, -0.05) is 115 Å². The van der Waals surface area contributed by atoms with E-state index in [9.17, 15) is 0 Å². The molecule has 0 nitrogen and oxygen atoms in total. The molecule has 3 rings (SSSR count). The van der Waals surface area contributed by atoms with Crippen LogP contribution in [0.1, 0.15) is 115 Å². The zero-order chi connectivity index (χ0) is 22.1. The molecule has 0 unspecified atom stereocenters. The van der Waals surface area contributed by atoms with E-state index in [-0.39, 0.29) is 5.41 Å². The van der Waals surface area contributed by atoms with Gasteiger partial charge in [0.25, 0.3) is 0 Å². The number of hydrogen-bond donors (Lipinski definition) is 2. The van der Waals surface area contributed by atoms with Crippen molar-refractivity contribution in [1.82, 2.24) is 0 Å². The highest BCUT2D eigenvalue weighted by molar-refractivity contribution is 7.80.